The summed E-state index contributed by atoms with van der Waals surface area (Å²) in [6.07, 6.45) is 8.86. The second-order valence-electron chi connectivity index (χ2n) is 14.2. The first-order valence-electron chi connectivity index (χ1n) is 18.3. The average Bonchev–Trinajstić information content (AvgIpc) is 3.60. The van der Waals surface area contributed by atoms with E-state index in [0.29, 0.717) is 30.8 Å². The van der Waals surface area contributed by atoms with Gasteiger partial charge in [-0.3, -0.25) is 4.79 Å². The van der Waals surface area contributed by atoms with Gasteiger partial charge in [0.2, 0.25) is 10.0 Å². The first kappa shape index (κ1) is 34.9. The molecule has 0 bridgehead atoms. The molecule has 278 valence electrons. The van der Waals surface area contributed by atoms with Crippen LogP contribution < -0.4 is 9.80 Å². The summed E-state index contributed by atoms with van der Waals surface area (Å²) in [6, 6.07) is 25.1. The Balaban J connectivity index is 0.000000145. The van der Waals surface area contributed by atoms with Crippen molar-refractivity contribution < 1.29 is 13.2 Å². The predicted molar refractivity (Wildman–Crippen MR) is 215 cm³/mol. The van der Waals surface area contributed by atoms with E-state index in [-0.39, 0.29) is 17.2 Å². The van der Waals surface area contributed by atoms with Gasteiger partial charge in [0.15, 0.2) is 0 Å². The zero-order chi connectivity index (χ0) is 37.6. The molecule has 2 N–H and O–H groups in total. The molecule has 5 aromatic heterocycles. The molecule has 1 amide bonds. The van der Waals surface area contributed by atoms with Gasteiger partial charge in [-0.25, -0.2) is 23.4 Å². The lowest BCUT2D eigenvalue weighted by molar-refractivity contribution is 0.0752. The molecule has 15 heteroatoms. The van der Waals surface area contributed by atoms with E-state index < -0.39 is 10.0 Å². The Morgan fingerprint density at radius 3 is 2.31 bits per heavy atom. The van der Waals surface area contributed by atoms with Crippen LogP contribution in [0.5, 0.6) is 0 Å². The lowest BCUT2D eigenvalue weighted by atomic mass is 10.1. The number of aromatic amines is 2. The lowest BCUT2D eigenvalue weighted by Gasteiger charge is -2.41. The Hall–Kier alpha value is -5.82. The van der Waals surface area contributed by atoms with Crippen LogP contribution in [0.1, 0.15) is 33.6 Å². The first-order chi connectivity index (χ1) is 26.8. The van der Waals surface area contributed by atoms with Crippen LogP contribution in [-0.4, -0.2) is 99.8 Å². The number of piperazine rings is 2. The molecule has 13 nitrogen and oxygen atoms in total. The molecule has 55 heavy (non-hydrogen) atoms. The highest BCUT2D eigenvalue weighted by molar-refractivity contribution is 7.88. The summed E-state index contributed by atoms with van der Waals surface area (Å²) in [5.74, 6) is 0.953. The van der Waals surface area contributed by atoms with Crippen molar-refractivity contribution in [2.24, 2.45) is 0 Å². The minimum absolute atomic E-state index is 0.0456. The van der Waals surface area contributed by atoms with E-state index in [1.54, 1.807) is 46.2 Å². The Kier molecular flexibility index (Phi) is 8.96. The zero-order valence-electron chi connectivity index (χ0n) is 29.9. The fraction of sp³-hybridized carbons (Fsp3) is 0.275. The molecule has 1 saturated carbocycles. The number of nitriles is 1. The molecule has 3 fully saturated rings. The minimum atomic E-state index is -3.45. The molecular weight excluding hydrogens is 733 g/mol. The van der Waals surface area contributed by atoms with Gasteiger partial charge in [-0.15, -0.1) is 11.3 Å². The summed E-state index contributed by atoms with van der Waals surface area (Å²) in [5, 5.41) is 12.2. The number of H-pyrrole nitrogens is 2. The zero-order valence-corrected chi connectivity index (χ0v) is 31.6. The van der Waals surface area contributed by atoms with E-state index in [9.17, 15) is 13.2 Å². The van der Waals surface area contributed by atoms with Gasteiger partial charge >= 0.3 is 0 Å². The van der Waals surface area contributed by atoms with Gasteiger partial charge in [0.1, 0.15) is 23.4 Å². The van der Waals surface area contributed by atoms with E-state index >= 15 is 0 Å². The summed E-state index contributed by atoms with van der Waals surface area (Å²) in [5.41, 5.74) is 3.76. The summed E-state index contributed by atoms with van der Waals surface area (Å²) in [6.45, 7) is 4.81. The highest BCUT2D eigenvalue weighted by Gasteiger charge is 2.55. The highest BCUT2D eigenvalue weighted by Crippen LogP contribution is 2.47. The van der Waals surface area contributed by atoms with E-state index in [1.807, 2.05) is 47.8 Å². The fourth-order valence-corrected chi connectivity index (χ4v) is 10.8. The molecule has 1 spiro atoms. The third-order valence-corrected chi connectivity index (χ3v) is 13.8. The van der Waals surface area contributed by atoms with Crippen LogP contribution in [0.4, 0.5) is 11.5 Å². The largest absolute Gasteiger partial charge is 0.367 e. The summed E-state index contributed by atoms with van der Waals surface area (Å²) < 4.78 is 29.2. The van der Waals surface area contributed by atoms with Crippen molar-refractivity contribution in [1.82, 2.24) is 34.1 Å². The molecule has 2 saturated heterocycles. The Morgan fingerprint density at radius 1 is 0.836 bits per heavy atom. The molecule has 0 radical (unpaired) electrons. The van der Waals surface area contributed by atoms with E-state index in [2.05, 4.69) is 65.1 Å². The number of carbonyl (C=O) groups excluding carboxylic acids is 1. The molecule has 0 atom stereocenters. The van der Waals surface area contributed by atoms with Crippen LogP contribution in [0.3, 0.4) is 0 Å². The van der Waals surface area contributed by atoms with Crippen molar-refractivity contribution >= 4 is 70.9 Å². The number of anilines is 2. The van der Waals surface area contributed by atoms with Gasteiger partial charge < -0.3 is 24.7 Å². The third kappa shape index (κ3) is 6.77. The van der Waals surface area contributed by atoms with Crippen LogP contribution in [0.25, 0.3) is 32.2 Å². The third-order valence-electron chi connectivity index (χ3n) is 10.8. The molecule has 0 unspecified atom stereocenters. The van der Waals surface area contributed by atoms with Crippen LogP contribution in [0, 0.1) is 11.3 Å². The SMILES string of the molecule is N#Cc1ccc(CS(=O)(=O)N2CCN(c3ncnc4[nH]ccc34)CC23CC3)cc1.O=C(c1cc2ccccc2s1)N1CCN(c2ccnc3[nH]ccc23)CC1. The van der Waals surface area contributed by atoms with Gasteiger partial charge in [-0.05, 0) is 66.3 Å². The number of pyridine rings is 1. The topological polar surface area (TPSA) is 158 Å². The standard InChI is InChI=1S/C20H20N6O2S.C20H18N4OS/c21-11-15-1-3-16(4-2-15)12-29(27,28)26-10-9-25(13-20(26)6-7-20)19-17-5-8-22-18(17)23-14-24-19;25-20(18-13-14-3-1-2-4-17(14)26-18)24-11-9-23(10-12-24)16-6-8-22-19-15(16)5-7-21-19/h1-5,8,14H,6-7,9-10,12-13H2,(H,22,23,24);1-8,13H,9-12H2,(H,21,22). The van der Waals surface area contributed by atoms with Crippen molar-refractivity contribution in [3.05, 3.63) is 114 Å². The number of sulfonamides is 1. The predicted octanol–water partition coefficient (Wildman–Crippen LogP) is 5.75. The van der Waals surface area contributed by atoms with E-state index in [0.717, 1.165) is 77.2 Å². The Morgan fingerprint density at radius 2 is 1.56 bits per heavy atom. The van der Waals surface area contributed by atoms with Crippen molar-refractivity contribution in [1.29, 1.82) is 5.26 Å². The second kappa shape index (κ2) is 14.1. The van der Waals surface area contributed by atoms with E-state index in [1.165, 1.54) is 10.4 Å². The van der Waals surface area contributed by atoms with Gasteiger partial charge in [-0.2, -0.15) is 9.57 Å². The highest BCUT2D eigenvalue weighted by atomic mass is 32.2. The number of nitrogens with zero attached hydrogens (tertiary/aromatic N) is 8. The van der Waals surface area contributed by atoms with Crippen LogP contribution in [0.2, 0.25) is 0 Å². The number of aromatic nitrogens is 5. The minimum Gasteiger partial charge on any atom is -0.367 e. The van der Waals surface area contributed by atoms with Gasteiger partial charge in [0.05, 0.1) is 33.2 Å². The number of thiophene rings is 1. The number of hydrogen-bond acceptors (Lipinski definition) is 10. The maximum absolute atomic E-state index is 13.2. The molecule has 3 aliphatic rings. The maximum Gasteiger partial charge on any atom is 0.264 e. The number of carbonyl (C=O) groups is 1. The van der Waals surface area contributed by atoms with Crippen molar-refractivity contribution in [2.75, 3.05) is 55.6 Å². The Labute approximate surface area is 321 Å². The summed E-state index contributed by atoms with van der Waals surface area (Å²) in [4.78, 5) is 39.5. The average molecular weight is 771 g/mol. The number of amides is 1. The summed E-state index contributed by atoms with van der Waals surface area (Å²) >= 11 is 1.58. The fourth-order valence-electron chi connectivity index (χ4n) is 7.82. The Bertz CT molecular complexity index is 2640. The lowest BCUT2D eigenvalue weighted by Crippen LogP contribution is -2.57. The van der Waals surface area contributed by atoms with Crippen molar-refractivity contribution in [2.45, 2.75) is 24.1 Å². The molecule has 2 aromatic carbocycles. The van der Waals surface area contributed by atoms with Crippen LogP contribution in [0.15, 0.2) is 97.7 Å². The molecule has 7 aromatic rings. The quantitative estimate of drug-likeness (QED) is 0.215. The number of nitrogens with one attached hydrogen (secondary N) is 2. The number of fused-ring (bicyclic) bond motifs is 3. The first-order valence-corrected chi connectivity index (χ1v) is 20.7. The van der Waals surface area contributed by atoms with Crippen LogP contribution in [-0.2, 0) is 15.8 Å². The molecule has 2 aliphatic heterocycles. The molecule has 7 heterocycles. The van der Waals surface area contributed by atoms with Gasteiger partial charge in [0, 0.05) is 80.2 Å². The number of benzene rings is 2. The van der Waals surface area contributed by atoms with Gasteiger partial charge in [-0.1, -0.05) is 30.3 Å². The second-order valence-corrected chi connectivity index (χ2v) is 17.2. The smallest absolute Gasteiger partial charge is 0.264 e. The maximum atomic E-state index is 13.2. The number of rotatable bonds is 6. The molecule has 1 aliphatic carbocycles. The molecule has 10 rings (SSSR count). The monoisotopic (exact) mass is 770 g/mol. The van der Waals surface area contributed by atoms with Crippen molar-refractivity contribution in [3.63, 3.8) is 0 Å². The molecular formula is C40H38N10O3S2. The van der Waals surface area contributed by atoms with Crippen LogP contribution >= 0.6 is 11.3 Å². The summed E-state index contributed by atoms with van der Waals surface area (Å²) in [7, 11) is -3.45. The van der Waals surface area contributed by atoms with Gasteiger partial charge in [0.25, 0.3) is 5.91 Å². The number of hydrogen-bond donors (Lipinski definition) is 2. The van der Waals surface area contributed by atoms with Crippen molar-refractivity contribution in [3.8, 4) is 6.07 Å². The normalized spacial score (nSPS) is 17.0. The van der Waals surface area contributed by atoms with E-state index in [4.69, 9.17) is 5.26 Å².